The molecular formula is C24H41IN6O. The molecule has 1 aromatic rings. The Bertz CT molecular complexity index is 757. The van der Waals surface area contributed by atoms with Crippen LogP contribution in [0.15, 0.2) is 23.3 Å². The topological polar surface area (TPSA) is 95.6 Å². The van der Waals surface area contributed by atoms with Gasteiger partial charge in [0.05, 0.1) is 6.54 Å². The van der Waals surface area contributed by atoms with Crippen molar-refractivity contribution in [1.82, 2.24) is 15.6 Å². The largest absolute Gasteiger partial charge is 0.369 e. The van der Waals surface area contributed by atoms with E-state index >= 15 is 0 Å². The van der Waals surface area contributed by atoms with Crippen LogP contribution in [-0.4, -0.2) is 43.0 Å². The first kappa shape index (κ1) is 26.7. The molecule has 0 bridgehead atoms. The van der Waals surface area contributed by atoms with Crippen LogP contribution >= 0.6 is 24.0 Å². The number of nitrogens with two attached hydrogens (primary N) is 1. The second-order valence-electron chi connectivity index (χ2n) is 9.65. The number of guanidine groups is 1. The Hall–Kier alpha value is -1.58. The fourth-order valence-corrected chi connectivity index (χ4v) is 4.99. The smallest absolute Gasteiger partial charge is 0.220 e. The fourth-order valence-electron chi connectivity index (χ4n) is 4.99. The maximum absolute atomic E-state index is 11.5. The lowest BCUT2D eigenvalue weighted by molar-refractivity contribution is -0.122. The van der Waals surface area contributed by atoms with Gasteiger partial charge in [0.15, 0.2) is 5.96 Å². The SMILES string of the molecule is CCNC(=NCc1cccnc1N1CCC(C(N)=O)CC1)NCC1(CC(C)C)CCC1.I. The number of aromatic nitrogens is 1. The van der Waals surface area contributed by atoms with Crippen molar-refractivity contribution in [3.05, 3.63) is 23.9 Å². The lowest BCUT2D eigenvalue weighted by Crippen LogP contribution is -2.47. The van der Waals surface area contributed by atoms with E-state index in [1.807, 2.05) is 12.3 Å². The predicted octanol–water partition coefficient (Wildman–Crippen LogP) is 3.67. The van der Waals surface area contributed by atoms with Gasteiger partial charge in [-0.25, -0.2) is 9.98 Å². The van der Waals surface area contributed by atoms with Crippen LogP contribution in [-0.2, 0) is 11.3 Å². The van der Waals surface area contributed by atoms with Crippen molar-refractivity contribution in [3.63, 3.8) is 0 Å². The zero-order valence-electron chi connectivity index (χ0n) is 19.9. The van der Waals surface area contributed by atoms with Crippen molar-refractivity contribution in [2.45, 2.75) is 65.8 Å². The summed E-state index contributed by atoms with van der Waals surface area (Å²) in [5.41, 5.74) is 7.02. The summed E-state index contributed by atoms with van der Waals surface area (Å²) >= 11 is 0. The van der Waals surface area contributed by atoms with Crippen LogP contribution in [0.2, 0.25) is 0 Å². The third-order valence-electron chi connectivity index (χ3n) is 6.70. The van der Waals surface area contributed by atoms with Gasteiger partial charge in [0.2, 0.25) is 5.91 Å². The van der Waals surface area contributed by atoms with Crippen LogP contribution in [0.5, 0.6) is 0 Å². The Morgan fingerprint density at radius 2 is 2.03 bits per heavy atom. The summed E-state index contributed by atoms with van der Waals surface area (Å²) in [5.74, 6) is 2.36. The van der Waals surface area contributed by atoms with Gasteiger partial charge >= 0.3 is 0 Å². The van der Waals surface area contributed by atoms with Crippen LogP contribution in [0.3, 0.4) is 0 Å². The lowest BCUT2D eigenvalue weighted by atomic mass is 9.64. The number of primary amides is 1. The lowest BCUT2D eigenvalue weighted by Gasteiger charge is -2.43. The highest BCUT2D eigenvalue weighted by molar-refractivity contribution is 14.0. The number of anilines is 1. The molecule has 7 nitrogen and oxygen atoms in total. The number of pyridine rings is 1. The molecule has 1 aromatic heterocycles. The zero-order chi connectivity index (χ0) is 22.3. The van der Waals surface area contributed by atoms with E-state index in [1.54, 1.807) is 0 Å². The third kappa shape index (κ3) is 7.22. The van der Waals surface area contributed by atoms with E-state index in [9.17, 15) is 4.79 Å². The molecule has 1 saturated heterocycles. The number of halogens is 1. The molecule has 8 heteroatoms. The number of amides is 1. The van der Waals surface area contributed by atoms with Gasteiger partial charge in [-0.2, -0.15) is 0 Å². The van der Waals surface area contributed by atoms with Crippen molar-refractivity contribution in [2.24, 2.45) is 28.0 Å². The molecule has 4 N–H and O–H groups in total. The molecule has 1 saturated carbocycles. The summed E-state index contributed by atoms with van der Waals surface area (Å²) < 4.78 is 0. The summed E-state index contributed by atoms with van der Waals surface area (Å²) in [6, 6.07) is 4.07. The monoisotopic (exact) mass is 556 g/mol. The highest BCUT2D eigenvalue weighted by Crippen LogP contribution is 2.45. The van der Waals surface area contributed by atoms with Gasteiger partial charge in [-0.05, 0) is 56.4 Å². The van der Waals surface area contributed by atoms with Crippen LogP contribution in [0, 0.1) is 17.3 Å². The first-order chi connectivity index (χ1) is 14.9. The van der Waals surface area contributed by atoms with E-state index in [1.165, 1.54) is 25.7 Å². The number of carbonyl (C=O) groups excluding carboxylic acids is 1. The van der Waals surface area contributed by atoms with E-state index in [0.29, 0.717) is 12.0 Å². The van der Waals surface area contributed by atoms with Gasteiger partial charge in [0.25, 0.3) is 0 Å². The van der Waals surface area contributed by atoms with Crippen LogP contribution in [0.1, 0.15) is 64.9 Å². The molecule has 0 unspecified atom stereocenters. The number of aliphatic imine (C=N–C) groups is 1. The molecule has 0 spiro atoms. The molecule has 32 heavy (non-hydrogen) atoms. The highest BCUT2D eigenvalue weighted by Gasteiger charge is 2.37. The minimum atomic E-state index is -0.187. The molecule has 1 aliphatic heterocycles. The molecule has 2 heterocycles. The Labute approximate surface area is 210 Å². The van der Waals surface area contributed by atoms with Crippen LogP contribution in [0.25, 0.3) is 0 Å². The first-order valence-electron chi connectivity index (χ1n) is 11.9. The van der Waals surface area contributed by atoms with Crippen molar-refractivity contribution < 1.29 is 4.79 Å². The summed E-state index contributed by atoms with van der Waals surface area (Å²) in [7, 11) is 0. The quantitative estimate of drug-likeness (QED) is 0.245. The Kier molecular flexibility index (Phi) is 10.5. The molecule has 1 amide bonds. The normalized spacial score (nSPS) is 18.6. The number of hydrogen-bond acceptors (Lipinski definition) is 4. The highest BCUT2D eigenvalue weighted by atomic mass is 127. The van der Waals surface area contributed by atoms with E-state index < -0.39 is 0 Å². The molecule has 2 aliphatic rings. The molecule has 0 radical (unpaired) electrons. The minimum absolute atomic E-state index is 0. The van der Waals surface area contributed by atoms with Gasteiger partial charge in [-0.1, -0.05) is 26.3 Å². The standard InChI is InChI=1S/C24H40N6O.HI/c1-4-26-23(29-17-24(10-6-11-24)15-18(2)3)28-16-20-7-5-12-27-22(20)30-13-8-19(9-14-30)21(25)31;/h5,7,12,18-19H,4,6,8-11,13-17H2,1-3H3,(H2,25,31)(H2,26,28,29);1H. The third-order valence-corrected chi connectivity index (χ3v) is 6.70. The van der Waals surface area contributed by atoms with E-state index in [-0.39, 0.29) is 35.8 Å². The predicted molar refractivity (Wildman–Crippen MR) is 142 cm³/mol. The Morgan fingerprint density at radius 3 is 2.59 bits per heavy atom. The molecule has 180 valence electrons. The van der Waals surface area contributed by atoms with Crippen molar-refractivity contribution in [2.75, 3.05) is 31.1 Å². The average molecular weight is 557 g/mol. The second kappa shape index (κ2) is 12.6. The van der Waals surface area contributed by atoms with Gasteiger partial charge in [0.1, 0.15) is 5.82 Å². The first-order valence-corrected chi connectivity index (χ1v) is 11.9. The van der Waals surface area contributed by atoms with Crippen molar-refractivity contribution in [3.8, 4) is 0 Å². The summed E-state index contributed by atoms with van der Waals surface area (Å²) in [4.78, 5) is 23.3. The molecule has 3 rings (SSSR count). The number of piperidine rings is 1. The summed E-state index contributed by atoms with van der Waals surface area (Å²) in [6.07, 6.45) is 8.64. The van der Waals surface area contributed by atoms with Crippen LogP contribution in [0.4, 0.5) is 5.82 Å². The number of nitrogens with zero attached hydrogens (tertiary/aromatic N) is 3. The van der Waals surface area contributed by atoms with E-state index in [2.05, 4.69) is 47.4 Å². The Morgan fingerprint density at radius 1 is 1.31 bits per heavy atom. The molecule has 0 atom stereocenters. The van der Waals surface area contributed by atoms with Gasteiger partial charge in [-0.3, -0.25) is 4.79 Å². The van der Waals surface area contributed by atoms with Crippen molar-refractivity contribution >= 4 is 41.7 Å². The van der Waals surface area contributed by atoms with Gasteiger partial charge in [-0.15, -0.1) is 24.0 Å². The average Bonchev–Trinajstić information content (AvgIpc) is 2.73. The molecule has 1 aliphatic carbocycles. The van der Waals surface area contributed by atoms with Gasteiger partial charge in [0, 0.05) is 43.9 Å². The second-order valence-corrected chi connectivity index (χ2v) is 9.65. The maximum atomic E-state index is 11.5. The van der Waals surface area contributed by atoms with Gasteiger partial charge < -0.3 is 21.3 Å². The van der Waals surface area contributed by atoms with Crippen molar-refractivity contribution in [1.29, 1.82) is 0 Å². The molecule has 2 fully saturated rings. The minimum Gasteiger partial charge on any atom is -0.369 e. The van der Waals surface area contributed by atoms with Crippen LogP contribution < -0.4 is 21.3 Å². The molecule has 0 aromatic carbocycles. The number of carbonyl (C=O) groups is 1. The molecular weight excluding hydrogens is 515 g/mol. The Balaban J connectivity index is 0.00000363. The zero-order valence-corrected chi connectivity index (χ0v) is 22.2. The van der Waals surface area contributed by atoms with E-state index in [4.69, 9.17) is 10.7 Å². The summed E-state index contributed by atoms with van der Waals surface area (Å²) in [6.45, 7) is 10.7. The number of rotatable bonds is 9. The summed E-state index contributed by atoms with van der Waals surface area (Å²) in [5, 5.41) is 7.01. The number of nitrogens with one attached hydrogen (secondary N) is 2. The maximum Gasteiger partial charge on any atom is 0.220 e. The van der Waals surface area contributed by atoms with E-state index in [0.717, 1.165) is 62.3 Å². The fraction of sp³-hybridized carbons (Fsp3) is 0.708. The number of hydrogen-bond donors (Lipinski definition) is 3.